The van der Waals surface area contributed by atoms with Crippen molar-refractivity contribution in [3.05, 3.63) is 29.8 Å². The Morgan fingerprint density at radius 1 is 1.18 bits per heavy atom. The third-order valence-corrected chi connectivity index (χ3v) is 4.34. The fraction of sp³-hybridized carbons (Fsp3) is 0.333. The molecule has 0 bridgehead atoms. The summed E-state index contributed by atoms with van der Waals surface area (Å²) >= 11 is 0. The quantitative estimate of drug-likeness (QED) is 0.415. The number of Topliss-reactive ketones (excluding diaryl/α,β-unsaturated/α-hetero) is 1. The molecule has 1 aliphatic rings. The summed E-state index contributed by atoms with van der Waals surface area (Å²) in [5.74, 6) is -2.31. The average molecular weight is 455 g/mol. The Kier molecular flexibility index (Phi) is 9.09. The van der Waals surface area contributed by atoms with Gasteiger partial charge in [-0.05, 0) is 44.5 Å². The predicted octanol–water partition coefficient (Wildman–Crippen LogP) is 0.436. The van der Waals surface area contributed by atoms with E-state index in [4.69, 9.17) is 5.73 Å². The SMILES string of the molecule is CC(=O)CCC(NC(=O)c1ccc(NCC2=NCC(=O)N=C(N)N=C(C)N=C2)cc1)C(=O)O. The fourth-order valence-electron chi connectivity index (χ4n) is 2.64. The second-order valence-corrected chi connectivity index (χ2v) is 7.12. The van der Waals surface area contributed by atoms with Crippen LogP contribution in [0.15, 0.2) is 44.2 Å². The van der Waals surface area contributed by atoms with Gasteiger partial charge in [0, 0.05) is 17.7 Å². The molecule has 5 N–H and O–H groups in total. The number of aliphatic carboxylic acids is 1. The van der Waals surface area contributed by atoms with Gasteiger partial charge in [-0.15, -0.1) is 0 Å². The molecular weight excluding hydrogens is 430 g/mol. The number of nitrogens with two attached hydrogens (primary N) is 1. The zero-order valence-corrected chi connectivity index (χ0v) is 18.2. The molecule has 1 aliphatic heterocycles. The van der Waals surface area contributed by atoms with Crippen molar-refractivity contribution in [2.45, 2.75) is 32.7 Å². The minimum atomic E-state index is -1.21. The lowest BCUT2D eigenvalue weighted by Gasteiger charge is -2.14. The number of carboxylic acids is 1. The highest BCUT2D eigenvalue weighted by Gasteiger charge is 2.21. The van der Waals surface area contributed by atoms with Crippen LogP contribution in [0.1, 0.15) is 37.0 Å². The smallest absolute Gasteiger partial charge is 0.326 e. The molecule has 1 heterocycles. The number of carbonyl (C=O) groups is 4. The largest absolute Gasteiger partial charge is 0.480 e. The Bertz CT molecular complexity index is 1040. The minimum absolute atomic E-state index is 0.0182. The third kappa shape index (κ3) is 8.81. The summed E-state index contributed by atoms with van der Waals surface area (Å²) in [7, 11) is 0. The van der Waals surface area contributed by atoms with E-state index in [0.717, 1.165) is 0 Å². The second kappa shape index (κ2) is 12.0. The number of rotatable bonds is 9. The van der Waals surface area contributed by atoms with Crippen LogP contribution < -0.4 is 16.4 Å². The predicted molar refractivity (Wildman–Crippen MR) is 124 cm³/mol. The Morgan fingerprint density at radius 3 is 2.52 bits per heavy atom. The van der Waals surface area contributed by atoms with Crippen LogP contribution in [0.4, 0.5) is 5.69 Å². The van der Waals surface area contributed by atoms with Crippen molar-refractivity contribution >= 4 is 53.0 Å². The normalized spacial score (nSPS) is 15.0. The van der Waals surface area contributed by atoms with Gasteiger partial charge in [-0.25, -0.2) is 9.79 Å². The number of benzene rings is 1. The lowest BCUT2D eigenvalue weighted by atomic mass is 10.1. The van der Waals surface area contributed by atoms with E-state index in [9.17, 15) is 24.3 Å². The van der Waals surface area contributed by atoms with Crippen LogP contribution in [0.25, 0.3) is 0 Å². The maximum Gasteiger partial charge on any atom is 0.326 e. The Hall–Kier alpha value is -4.22. The highest BCUT2D eigenvalue weighted by Crippen LogP contribution is 2.10. The van der Waals surface area contributed by atoms with Gasteiger partial charge in [-0.3, -0.25) is 14.6 Å². The molecule has 174 valence electrons. The van der Waals surface area contributed by atoms with Crippen molar-refractivity contribution in [1.29, 1.82) is 0 Å². The number of nitrogens with one attached hydrogen (secondary N) is 2. The molecule has 1 unspecified atom stereocenters. The second-order valence-electron chi connectivity index (χ2n) is 7.12. The number of aliphatic imine (C=N–C) groups is 4. The van der Waals surface area contributed by atoms with E-state index >= 15 is 0 Å². The van der Waals surface area contributed by atoms with Gasteiger partial charge in [-0.2, -0.15) is 9.98 Å². The number of nitrogens with zero attached hydrogens (tertiary/aromatic N) is 4. The van der Waals surface area contributed by atoms with Crippen molar-refractivity contribution in [3.8, 4) is 0 Å². The van der Waals surface area contributed by atoms with Crippen molar-refractivity contribution in [2.75, 3.05) is 18.4 Å². The Morgan fingerprint density at radius 2 is 1.88 bits per heavy atom. The number of amides is 2. The van der Waals surface area contributed by atoms with Crippen LogP contribution in [0, 0.1) is 0 Å². The number of guanidine groups is 1. The number of carboxylic acid groups (broad SMARTS) is 1. The molecule has 2 rings (SSSR count). The summed E-state index contributed by atoms with van der Waals surface area (Å²) < 4.78 is 0. The van der Waals surface area contributed by atoms with Crippen LogP contribution in [0.3, 0.4) is 0 Å². The van der Waals surface area contributed by atoms with E-state index in [-0.39, 0.29) is 43.2 Å². The highest BCUT2D eigenvalue weighted by atomic mass is 16.4. The molecule has 0 aromatic heterocycles. The van der Waals surface area contributed by atoms with Gasteiger partial charge in [0.1, 0.15) is 24.2 Å². The minimum Gasteiger partial charge on any atom is -0.480 e. The number of hydrogen-bond donors (Lipinski definition) is 4. The lowest BCUT2D eigenvalue weighted by Crippen LogP contribution is -2.41. The first kappa shape index (κ1) is 25.0. The molecular formula is C21H25N7O5. The van der Waals surface area contributed by atoms with E-state index in [2.05, 4.69) is 30.6 Å². The first-order chi connectivity index (χ1) is 15.6. The van der Waals surface area contributed by atoms with E-state index in [1.54, 1.807) is 19.1 Å². The molecule has 33 heavy (non-hydrogen) atoms. The molecule has 0 spiro atoms. The van der Waals surface area contributed by atoms with Gasteiger partial charge in [0.2, 0.25) is 5.96 Å². The number of amidine groups is 1. The number of ketones is 1. The van der Waals surface area contributed by atoms with Gasteiger partial charge < -0.3 is 26.3 Å². The molecule has 0 saturated carbocycles. The summed E-state index contributed by atoms with van der Waals surface area (Å²) in [4.78, 5) is 62.3. The standard InChI is InChI=1S/C21H25N7O5/c1-12(29)3-8-17(20(32)33)27-19(31)14-4-6-15(7-5-14)24-10-16-9-23-13(2)26-21(22)28-18(30)11-25-16/h4-7,9,17,24H,3,8,10-11H2,1-2H3,(H,27,31)(H,32,33)(H2,22,28,30). The molecule has 1 atom stereocenters. The first-order valence-corrected chi connectivity index (χ1v) is 10.0. The summed E-state index contributed by atoms with van der Waals surface area (Å²) in [6, 6.07) is 5.19. The van der Waals surface area contributed by atoms with E-state index in [0.29, 0.717) is 17.2 Å². The van der Waals surface area contributed by atoms with E-state index < -0.39 is 23.8 Å². The molecule has 0 fully saturated rings. The molecule has 12 nitrogen and oxygen atoms in total. The monoisotopic (exact) mass is 455 g/mol. The molecule has 2 amide bonds. The summed E-state index contributed by atoms with van der Waals surface area (Å²) in [5.41, 5.74) is 6.91. The average Bonchev–Trinajstić information content (AvgIpc) is 2.75. The lowest BCUT2D eigenvalue weighted by molar-refractivity contribution is -0.139. The van der Waals surface area contributed by atoms with Crippen molar-refractivity contribution < 1.29 is 24.3 Å². The highest BCUT2D eigenvalue weighted by molar-refractivity contribution is 6.34. The van der Waals surface area contributed by atoms with Gasteiger partial charge >= 0.3 is 5.97 Å². The Labute approximate surface area is 189 Å². The maximum atomic E-state index is 12.4. The van der Waals surface area contributed by atoms with E-state index in [1.807, 2.05) is 0 Å². The molecule has 0 aliphatic carbocycles. The third-order valence-electron chi connectivity index (χ3n) is 4.34. The Balaban J connectivity index is 1.99. The first-order valence-electron chi connectivity index (χ1n) is 10.0. The van der Waals surface area contributed by atoms with Crippen LogP contribution in [0.2, 0.25) is 0 Å². The topological polar surface area (TPSA) is 188 Å². The molecule has 0 saturated heterocycles. The number of hydrogen-bond acceptors (Lipinski definition) is 9. The summed E-state index contributed by atoms with van der Waals surface area (Å²) in [6.07, 6.45) is 1.54. The van der Waals surface area contributed by atoms with Gasteiger partial charge in [0.15, 0.2) is 0 Å². The number of anilines is 1. The van der Waals surface area contributed by atoms with E-state index in [1.165, 1.54) is 25.3 Å². The van der Waals surface area contributed by atoms with Crippen molar-refractivity contribution in [2.24, 2.45) is 25.7 Å². The van der Waals surface area contributed by atoms with Crippen molar-refractivity contribution in [1.82, 2.24) is 5.32 Å². The van der Waals surface area contributed by atoms with Gasteiger partial charge in [-0.1, -0.05) is 0 Å². The molecule has 0 radical (unpaired) electrons. The van der Waals surface area contributed by atoms with Crippen LogP contribution in [0.5, 0.6) is 0 Å². The molecule has 12 heteroatoms. The van der Waals surface area contributed by atoms with Crippen LogP contribution >= 0.6 is 0 Å². The molecule has 1 aromatic carbocycles. The number of carbonyl (C=O) groups excluding carboxylic acids is 3. The summed E-state index contributed by atoms with van der Waals surface area (Å²) in [6.45, 7) is 3.00. The summed E-state index contributed by atoms with van der Waals surface area (Å²) in [5, 5.41) is 14.8. The molecule has 1 aromatic rings. The van der Waals surface area contributed by atoms with Crippen molar-refractivity contribution in [3.63, 3.8) is 0 Å². The zero-order chi connectivity index (χ0) is 24.4. The van der Waals surface area contributed by atoms with Gasteiger partial charge in [0.05, 0.1) is 18.5 Å². The maximum absolute atomic E-state index is 12.4. The van der Waals surface area contributed by atoms with Crippen LogP contribution in [-0.4, -0.2) is 71.5 Å². The fourth-order valence-corrected chi connectivity index (χ4v) is 2.64. The van der Waals surface area contributed by atoms with Crippen LogP contribution in [-0.2, 0) is 14.4 Å². The zero-order valence-electron chi connectivity index (χ0n) is 18.2. The van der Waals surface area contributed by atoms with Gasteiger partial charge in [0.25, 0.3) is 11.8 Å².